The van der Waals surface area contributed by atoms with Crippen LogP contribution in [-0.4, -0.2) is 31.1 Å². The van der Waals surface area contributed by atoms with Gasteiger partial charge < -0.3 is 14.7 Å². The molecule has 0 aliphatic carbocycles. The summed E-state index contributed by atoms with van der Waals surface area (Å²) < 4.78 is 10.4. The van der Waals surface area contributed by atoms with Gasteiger partial charge in [-0.2, -0.15) is 5.10 Å². The van der Waals surface area contributed by atoms with Crippen molar-refractivity contribution < 1.29 is 14.0 Å². The van der Waals surface area contributed by atoms with Crippen molar-refractivity contribution in [2.24, 2.45) is 5.73 Å². The topological polar surface area (TPSA) is 121 Å². The van der Waals surface area contributed by atoms with Crippen molar-refractivity contribution in [2.75, 3.05) is 5.32 Å². The van der Waals surface area contributed by atoms with E-state index in [0.29, 0.717) is 47.0 Å². The first-order valence-corrected chi connectivity index (χ1v) is 11.9. The second kappa shape index (κ2) is 8.70. The summed E-state index contributed by atoms with van der Waals surface area (Å²) in [6.45, 7) is 6.57. The number of imidazole rings is 1. The molecule has 0 spiro atoms. The Morgan fingerprint density at radius 2 is 1.89 bits per heavy atom. The van der Waals surface area contributed by atoms with Gasteiger partial charge in [-0.3, -0.25) is 19.6 Å². The van der Waals surface area contributed by atoms with Crippen molar-refractivity contribution in [3.8, 4) is 0 Å². The molecule has 5 rings (SSSR count). The molecule has 0 fully saturated rings. The van der Waals surface area contributed by atoms with E-state index in [1.807, 2.05) is 55.7 Å². The number of furan rings is 1. The van der Waals surface area contributed by atoms with Gasteiger partial charge in [0.05, 0.1) is 28.8 Å². The zero-order chi connectivity index (χ0) is 24.9. The van der Waals surface area contributed by atoms with Crippen LogP contribution in [0.15, 0.2) is 51.4 Å². The molecule has 2 aromatic carbocycles. The van der Waals surface area contributed by atoms with Crippen molar-refractivity contribution in [2.45, 2.75) is 33.9 Å². The first-order chi connectivity index (χ1) is 16.7. The van der Waals surface area contributed by atoms with Gasteiger partial charge in [-0.05, 0) is 56.7 Å². The van der Waals surface area contributed by atoms with E-state index in [2.05, 4.69) is 26.3 Å². The molecular formula is C25H23BrN6O3. The second-order valence-corrected chi connectivity index (χ2v) is 9.26. The van der Waals surface area contributed by atoms with Gasteiger partial charge in [-0.15, -0.1) is 0 Å². The summed E-state index contributed by atoms with van der Waals surface area (Å²) in [6.07, 6.45) is 0. The third-order valence-electron chi connectivity index (χ3n) is 5.81. The van der Waals surface area contributed by atoms with Gasteiger partial charge in [0.2, 0.25) is 5.95 Å². The van der Waals surface area contributed by atoms with E-state index >= 15 is 0 Å². The van der Waals surface area contributed by atoms with Crippen LogP contribution in [0.5, 0.6) is 0 Å². The number of aromatic nitrogens is 4. The lowest BCUT2D eigenvalue weighted by atomic mass is 10.1. The van der Waals surface area contributed by atoms with E-state index in [1.165, 1.54) is 0 Å². The van der Waals surface area contributed by atoms with Gasteiger partial charge in [0.25, 0.3) is 11.8 Å². The molecule has 0 aliphatic heterocycles. The van der Waals surface area contributed by atoms with Crippen molar-refractivity contribution in [1.29, 1.82) is 0 Å². The lowest BCUT2D eigenvalue weighted by molar-refractivity contribution is 0.0996. The number of hydrogen-bond donors (Lipinski definition) is 2. The minimum Gasteiger partial charge on any atom is -0.460 e. The van der Waals surface area contributed by atoms with E-state index in [-0.39, 0.29) is 11.5 Å². The fourth-order valence-corrected chi connectivity index (χ4v) is 4.55. The number of benzene rings is 2. The second-order valence-electron chi connectivity index (χ2n) is 8.34. The Bertz CT molecular complexity index is 1610. The molecule has 178 valence electrons. The molecule has 2 amide bonds. The Labute approximate surface area is 209 Å². The first-order valence-electron chi connectivity index (χ1n) is 11.1. The zero-order valence-corrected chi connectivity index (χ0v) is 21.0. The SMILES string of the molecule is CCn1nc(C)cc1C(=O)Nc1nc2cc(C(N)=O)c3oc(C)cc3c2n1Cc1ccc(Br)cc1. The minimum absolute atomic E-state index is 0.242. The molecule has 3 heterocycles. The number of hydrogen-bond acceptors (Lipinski definition) is 5. The summed E-state index contributed by atoms with van der Waals surface area (Å²) in [4.78, 5) is 30.1. The van der Waals surface area contributed by atoms with E-state index in [1.54, 1.807) is 16.8 Å². The monoisotopic (exact) mass is 534 g/mol. The molecular weight excluding hydrogens is 512 g/mol. The van der Waals surface area contributed by atoms with Crippen LogP contribution in [0.2, 0.25) is 0 Å². The van der Waals surface area contributed by atoms with Crippen LogP contribution in [0.3, 0.4) is 0 Å². The molecule has 0 saturated heterocycles. The van der Waals surface area contributed by atoms with Gasteiger partial charge in [-0.25, -0.2) is 4.98 Å². The van der Waals surface area contributed by atoms with Gasteiger partial charge in [0, 0.05) is 16.4 Å². The molecule has 0 saturated carbocycles. The minimum atomic E-state index is -0.610. The summed E-state index contributed by atoms with van der Waals surface area (Å²) in [6, 6.07) is 13.1. The number of carbonyl (C=O) groups is 2. The number of nitrogens with one attached hydrogen (secondary N) is 1. The van der Waals surface area contributed by atoms with Crippen molar-refractivity contribution in [3.63, 3.8) is 0 Å². The van der Waals surface area contributed by atoms with E-state index in [9.17, 15) is 9.59 Å². The Morgan fingerprint density at radius 3 is 2.57 bits per heavy atom. The third-order valence-corrected chi connectivity index (χ3v) is 6.34. The molecule has 0 radical (unpaired) electrons. The quantitative estimate of drug-likeness (QED) is 0.324. The number of aryl methyl sites for hydroxylation is 3. The van der Waals surface area contributed by atoms with Gasteiger partial charge >= 0.3 is 0 Å². The van der Waals surface area contributed by atoms with E-state index < -0.39 is 5.91 Å². The number of fused-ring (bicyclic) bond motifs is 3. The summed E-state index contributed by atoms with van der Waals surface area (Å²) in [5.74, 6) is 0.0478. The Balaban J connectivity index is 1.71. The number of rotatable bonds is 6. The largest absolute Gasteiger partial charge is 0.460 e. The molecule has 0 aliphatic rings. The number of carbonyl (C=O) groups excluding carboxylic acids is 2. The van der Waals surface area contributed by atoms with Crippen LogP contribution < -0.4 is 11.1 Å². The number of halogens is 1. The van der Waals surface area contributed by atoms with Gasteiger partial charge in [-0.1, -0.05) is 28.1 Å². The van der Waals surface area contributed by atoms with Crippen LogP contribution in [0.1, 0.15) is 44.8 Å². The number of anilines is 1. The van der Waals surface area contributed by atoms with E-state index in [4.69, 9.17) is 15.1 Å². The molecule has 35 heavy (non-hydrogen) atoms. The molecule has 0 unspecified atom stereocenters. The van der Waals surface area contributed by atoms with E-state index in [0.717, 1.165) is 21.2 Å². The van der Waals surface area contributed by atoms with Crippen molar-refractivity contribution in [3.05, 3.63) is 75.2 Å². The van der Waals surface area contributed by atoms with Crippen LogP contribution >= 0.6 is 15.9 Å². The highest BCUT2D eigenvalue weighted by Gasteiger charge is 2.23. The number of nitrogens with zero attached hydrogens (tertiary/aromatic N) is 4. The molecule has 3 aromatic heterocycles. The van der Waals surface area contributed by atoms with Gasteiger partial charge in [0.1, 0.15) is 17.0 Å². The van der Waals surface area contributed by atoms with Crippen molar-refractivity contribution in [1.82, 2.24) is 19.3 Å². The normalized spacial score (nSPS) is 11.4. The average molecular weight is 535 g/mol. The summed E-state index contributed by atoms with van der Waals surface area (Å²) >= 11 is 3.47. The highest BCUT2D eigenvalue weighted by molar-refractivity contribution is 9.10. The standard InChI is InChI=1S/C25H23BrN6O3/c1-4-32-20(9-13(2)30-32)24(34)29-25-28-19-11-18(23(27)33)22-17(10-14(3)35-22)21(19)31(25)12-15-5-7-16(26)8-6-15/h5-11H,4,12H2,1-3H3,(H2,27,33)(H,28,29,34). The predicted molar refractivity (Wildman–Crippen MR) is 137 cm³/mol. The molecule has 10 heteroatoms. The highest BCUT2D eigenvalue weighted by Crippen LogP contribution is 2.34. The van der Waals surface area contributed by atoms with Crippen LogP contribution in [0.25, 0.3) is 22.0 Å². The predicted octanol–water partition coefficient (Wildman–Crippen LogP) is 4.78. The maximum atomic E-state index is 13.3. The zero-order valence-electron chi connectivity index (χ0n) is 19.4. The molecule has 9 nitrogen and oxygen atoms in total. The summed E-state index contributed by atoms with van der Waals surface area (Å²) in [7, 11) is 0. The lowest BCUT2D eigenvalue weighted by Gasteiger charge is -2.12. The van der Waals surface area contributed by atoms with Crippen LogP contribution in [0.4, 0.5) is 5.95 Å². The third kappa shape index (κ3) is 4.10. The molecule has 0 atom stereocenters. The summed E-state index contributed by atoms with van der Waals surface area (Å²) in [5, 5.41) is 8.02. The average Bonchev–Trinajstić information content (AvgIpc) is 3.48. The Morgan fingerprint density at radius 1 is 1.14 bits per heavy atom. The van der Waals surface area contributed by atoms with Crippen LogP contribution in [-0.2, 0) is 13.1 Å². The maximum absolute atomic E-state index is 13.3. The highest BCUT2D eigenvalue weighted by atomic mass is 79.9. The maximum Gasteiger partial charge on any atom is 0.276 e. The molecule has 5 aromatic rings. The fraction of sp³-hybridized carbons (Fsp3) is 0.200. The Hall–Kier alpha value is -3.92. The number of nitrogens with two attached hydrogens (primary N) is 1. The molecule has 0 bridgehead atoms. The smallest absolute Gasteiger partial charge is 0.276 e. The summed E-state index contributed by atoms with van der Waals surface area (Å²) in [5.41, 5.74) is 9.74. The van der Waals surface area contributed by atoms with Gasteiger partial charge in [0.15, 0.2) is 0 Å². The number of amides is 2. The fourth-order valence-electron chi connectivity index (χ4n) is 4.29. The van der Waals surface area contributed by atoms with Crippen molar-refractivity contribution >= 4 is 55.7 Å². The Kier molecular flexibility index (Phi) is 5.68. The molecule has 3 N–H and O–H groups in total. The first kappa shape index (κ1) is 22.9. The van der Waals surface area contributed by atoms with Crippen LogP contribution in [0, 0.1) is 13.8 Å². The number of primary amides is 1. The lowest BCUT2D eigenvalue weighted by Crippen LogP contribution is -2.20.